The van der Waals surface area contributed by atoms with Gasteiger partial charge >= 0.3 is 0 Å². The average Bonchev–Trinajstić information content (AvgIpc) is 2.77. The van der Waals surface area contributed by atoms with E-state index in [0.29, 0.717) is 29.0 Å². The van der Waals surface area contributed by atoms with Crippen LogP contribution in [0.15, 0.2) is 53.4 Å². The van der Waals surface area contributed by atoms with E-state index in [4.69, 9.17) is 11.6 Å². The number of rotatable bonds is 8. The number of hydrogen-bond donors (Lipinski definition) is 2. The first-order valence-corrected chi connectivity index (χ1v) is 12.5. The van der Waals surface area contributed by atoms with Gasteiger partial charge in [0.15, 0.2) is 0 Å². The van der Waals surface area contributed by atoms with Gasteiger partial charge in [-0.1, -0.05) is 36.6 Å². The number of carbonyl (C=O) groups excluding carboxylic acids is 1. The summed E-state index contributed by atoms with van der Waals surface area (Å²) in [6.45, 7) is 1.70. The zero-order chi connectivity index (χ0) is 23.3. The molecule has 1 saturated carbocycles. The molecular formula is C23H28ClFN2O4S. The number of alkyl halides is 1. The summed E-state index contributed by atoms with van der Waals surface area (Å²) in [6.07, 6.45) is 0.390. The first kappa shape index (κ1) is 24.6. The van der Waals surface area contributed by atoms with Gasteiger partial charge in [-0.3, -0.25) is 4.79 Å². The van der Waals surface area contributed by atoms with Crippen LogP contribution in [0.3, 0.4) is 0 Å². The van der Waals surface area contributed by atoms with Crippen LogP contribution in [0, 0.1) is 0 Å². The van der Waals surface area contributed by atoms with Crippen LogP contribution in [-0.2, 0) is 16.6 Å². The molecule has 0 saturated heterocycles. The lowest BCUT2D eigenvalue weighted by Crippen LogP contribution is -2.46. The van der Waals surface area contributed by atoms with Crippen molar-refractivity contribution in [3.63, 3.8) is 0 Å². The number of nitrogens with one attached hydrogen (secondary N) is 1. The van der Waals surface area contributed by atoms with E-state index in [1.54, 1.807) is 31.2 Å². The molecule has 6 nitrogen and oxygen atoms in total. The van der Waals surface area contributed by atoms with Crippen molar-refractivity contribution >= 4 is 27.5 Å². The molecule has 2 aromatic rings. The average molecular weight is 483 g/mol. The van der Waals surface area contributed by atoms with Crippen LogP contribution in [0.2, 0.25) is 5.02 Å². The molecule has 1 aliphatic carbocycles. The Bertz CT molecular complexity index is 1010. The van der Waals surface area contributed by atoms with Gasteiger partial charge in [0.25, 0.3) is 5.91 Å². The van der Waals surface area contributed by atoms with Crippen molar-refractivity contribution in [2.45, 2.75) is 62.4 Å². The highest BCUT2D eigenvalue weighted by atomic mass is 35.5. The Morgan fingerprint density at radius 3 is 2.38 bits per heavy atom. The molecule has 3 atom stereocenters. The van der Waals surface area contributed by atoms with Gasteiger partial charge in [-0.2, -0.15) is 4.31 Å². The van der Waals surface area contributed by atoms with Gasteiger partial charge < -0.3 is 10.4 Å². The van der Waals surface area contributed by atoms with Crippen molar-refractivity contribution in [2.75, 3.05) is 6.54 Å². The Labute approximate surface area is 193 Å². The molecule has 174 valence electrons. The molecule has 3 rings (SSSR count). The highest BCUT2D eigenvalue weighted by molar-refractivity contribution is 7.89. The first-order valence-electron chi connectivity index (χ1n) is 10.6. The quantitative estimate of drug-likeness (QED) is 0.597. The van der Waals surface area contributed by atoms with Crippen LogP contribution in [0.5, 0.6) is 0 Å². The standard InChI is InChI=1S/C23H28ClFN2O4S/c1-16(28)14-26-23(29)18-8-6-17(7-9-18)15-27(22-5-3-2-4-21(22)25)32(30,31)20-12-10-19(24)11-13-20/h6-13,16,21-22,28H,2-5,14-15H2,1H3,(H,26,29)/t16-,21?,22?/m0/s1. The molecule has 1 aliphatic rings. The summed E-state index contributed by atoms with van der Waals surface area (Å²) in [6, 6.07) is 11.6. The largest absolute Gasteiger partial charge is 0.392 e. The minimum absolute atomic E-state index is 0.00831. The lowest BCUT2D eigenvalue weighted by Gasteiger charge is -2.35. The molecule has 2 aromatic carbocycles. The van der Waals surface area contributed by atoms with Crippen LogP contribution in [-0.4, -0.2) is 48.6 Å². The molecule has 0 aliphatic heterocycles. The molecule has 1 fully saturated rings. The van der Waals surface area contributed by atoms with Crippen molar-refractivity contribution < 1.29 is 22.7 Å². The number of aliphatic hydroxyl groups is 1. The second kappa shape index (κ2) is 10.7. The molecule has 0 aromatic heterocycles. The molecule has 0 heterocycles. The number of aliphatic hydroxyl groups excluding tert-OH is 1. The maximum absolute atomic E-state index is 14.8. The minimum Gasteiger partial charge on any atom is -0.392 e. The lowest BCUT2D eigenvalue weighted by atomic mass is 9.93. The highest BCUT2D eigenvalue weighted by Crippen LogP contribution is 2.31. The monoisotopic (exact) mass is 482 g/mol. The SMILES string of the molecule is C[C@H](O)CNC(=O)c1ccc(CN(C2CCCCC2F)S(=O)(=O)c2ccc(Cl)cc2)cc1. The fourth-order valence-corrected chi connectivity index (χ4v) is 5.59. The zero-order valence-corrected chi connectivity index (χ0v) is 19.4. The van der Waals surface area contributed by atoms with E-state index in [2.05, 4.69) is 5.32 Å². The van der Waals surface area contributed by atoms with Crippen molar-refractivity contribution in [3.8, 4) is 0 Å². The molecular weight excluding hydrogens is 455 g/mol. The van der Waals surface area contributed by atoms with Crippen LogP contribution < -0.4 is 5.32 Å². The number of benzene rings is 2. The van der Waals surface area contributed by atoms with Crippen LogP contribution >= 0.6 is 11.6 Å². The molecule has 9 heteroatoms. The fourth-order valence-electron chi connectivity index (χ4n) is 3.80. The van der Waals surface area contributed by atoms with E-state index in [1.165, 1.54) is 28.6 Å². The third kappa shape index (κ3) is 6.07. The number of nitrogens with zero attached hydrogens (tertiary/aromatic N) is 1. The maximum atomic E-state index is 14.8. The van der Waals surface area contributed by atoms with Crippen molar-refractivity contribution in [3.05, 3.63) is 64.7 Å². The predicted molar refractivity (Wildman–Crippen MR) is 122 cm³/mol. The highest BCUT2D eigenvalue weighted by Gasteiger charge is 2.38. The van der Waals surface area contributed by atoms with Crippen molar-refractivity contribution in [1.29, 1.82) is 0 Å². The molecule has 1 amide bonds. The topological polar surface area (TPSA) is 86.7 Å². The van der Waals surface area contributed by atoms with Crippen LogP contribution in [0.25, 0.3) is 0 Å². The molecule has 0 spiro atoms. The fraction of sp³-hybridized carbons (Fsp3) is 0.435. The van der Waals surface area contributed by atoms with Gasteiger partial charge in [0.05, 0.1) is 17.0 Å². The summed E-state index contributed by atoms with van der Waals surface area (Å²) in [5.74, 6) is -0.334. The summed E-state index contributed by atoms with van der Waals surface area (Å²) in [4.78, 5) is 12.2. The first-order chi connectivity index (χ1) is 15.2. The van der Waals surface area contributed by atoms with Gasteiger partial charge in [0.1, 0.15) is 6.17 Å². The summed E-state index contributed by atoms with van der Waals surface area (Å²) < 4.78 is 43.0. The number of carbonyl (C=O) groups is 1. The van der Waals surface area contributed by atoms with Gasteiger partial charge in [0.2, 0.25) is 10.0 Å². The summed E-state index contributed by atoms with van der Waals surface area (Å²) in [7, 11) is -3.97. The Hall–Kier alpha value is -2.00. The van der Waals surface area contributed by atoms with E-state index in [9.17, 15) is 22.7 Å². The van der Waals surface area contributed by atoms with Gasteiger partial charge in [-0.15, -0.1) is 0 Å². The predicted octanol–water partition coefficient (Wildman–Crippen LogP) is 3.92. The Morgan fingerprint density at radius 1 is 1.16 bits per heavy atom. The van der Waals surface area contributed by atoms with E-state index in [1.807, 2.05) is 0 Å². The maximum Gasteiger partial charge on any atom is 0.251 e. The third-order valence-electron chi connectivity index (χ3n) is 5.55. The van der Waals surface area contributed by atoms with E-state index in [-0.39, 0.29) is 23.9 Å². The molecule has 0 bridgehead atoms. The van der Waals surface area contributed by atoms with Gasteiger partial charge in [-0.25, -0.2) is 12.8 Å². The Morgan fingerprint density at radius 2 is 1.78 bits per heavy atom. The molecule has 2 N–H and O–H groups in total. The van der Waals surface area contributed by atoms with E-state index >= 15 is 0 Å². The normalized spacial score (nSPS) is 20.2. The third-order valence-corrected chi connectivity index (χ3v) is 7.69. The smallest absolute Gasteiger partial charge is 0.251 e. The summed E-state index contributed by atoms with van der Waals surface area (Å²) in [5.41, 5.74) is 1.04. The van der Waals surface area contributed by atoms with E-state index in [0.717, 1.165) is 12.8 Å². The lowest BCUT2D eigenvalue weighted by molar-refractivity contribution is 0.0924. The van der Waals surface area contributed by atoms with Gasteiger partial charge in [-0.05, 0) is 61.7 Å². The van der Waals surface area contributed by atoms with Crippen molar-refractivity contribution in [2.24, 2.45) is 0 Å². The van der Waals surface area contributed by atoms with Crippen LogP contribution in [0.1, 0.15) is 48.5 Å². The van der Waals surface area contributed by atoms with Crippen LogP contribution in [0.4, 0.5) is 4.39 Å². The molecule has 0 radical (unpaired) electrons. The molecule has 2 unspecified atom stereocenters. The number of hydrogen-bond acceptors (Lipinski definition) is 4. The summed E-state index contributed by atoms with van der Waals surface area (Å²) in [5, 5.41) is 12.3. The summed E-state index contributed by atoms with van der Waals surface area (Å²) >= 11 is 5.91. The Kier molecular flexibility index (Phi) is 8.27. The number of sulfonamides is 1. The molecule has 32 heavy (non-hydrogen) atoms. The Balaban J connectivity index is 1.86. The number of amides is 1. The van der Waals surface area contributed by atoms with E-state index < -0.39 is 28.3 Å². The zero-order valence-electron chi connectivity index (χ0n) is 17.9. The second-order valence-corrected chi connectivity index (χ2v) is 10.5. The minimum atomic E-state index is -3.97. The second-order valence-electron chi connectivity index (χ2n) is 8.13. The number of halogens is 2. The van der Waals surface area contributed by atoms with Crippen molar-refractivity contribution in [1.82, 2.24) is 9.62 Å². The van der Waals surface area contributed by atoms with Gasteiger partial charge in [0, 0.05) is 23.7 Å².